The van der Waals surface area contributed by atoms with E-state index < -0.39 is 12.0 Å². The van der Waals surface area contributed by atoms with Crippen molar-refractivity contribution in [3.8, 4) is 0 Å². The average molecular weight is 378 g/mol. The molecule has 3 rings (SSSR count). The molecule has 1 aliphatic carbocycles. The molecule has 2 amide bonds. The van der Waals surface area contributed by atoms with E-state index >= 15 is 0 Å². The van der Waals surface area contributed by atoms with Crippen molar-refractivity contribution in [2.45, 2.75) is 6.92 Å². The molecular formula is C21H18N2O5. The predicted octanol–water partition coefficient (Wildman–Crippen LogP) is 2.70. The lowest BCUT2D eigenvalue weighted by atomic mass is 9.83. The molecule has 7 nitrogen and oxygen atoms in total. The molecule has 2 aromatic rings. The average Bonchev–Trinajstić information content (AvgIpc) is 2.69. The molecule has 0 radical (unpaired) electrons. The molecule has 0 aromatic heterocycles. The number of anilines is 1. The summed E-state index contributed by atoms with van der Waals surface area (Å²) in [5.74, 6) is -1.13. The standard InChI is InChI=1S/C21H18N2O5/c1-12(2)20(26)28-11-10-22-21(27)23-16-9-5-8-15-17(16)19(25)14-7-4-3-6-13(14)18(15)24/h3-9H,1,10-11H2,2H3,(H2,22,23,27). The number of ketones is 2. The van der Waals surface area contributed by atoms with Crippen molar-refractivity contribution < 1.29 is 23.9 Å². The maximum Gasteiger partial charge on any atom is 0.333 e. The van der Waals surface area contributed by atoms with E-state index in [4.69, 9.17) is 4.74 Å². The molecule has 0 unspecified atom stereocenters. The normalized spacial score (nSPS) is 11.9. The third-order valence-corrected chi connectivity index (χ3v) is 4.17. The van der Waals surface area contributed by atoms with Crippen molar-refractivity contribution in [3.05, 3.63) is 76.9 Å². The number of fused-ring (bicyclic) bond motifs is 2. The summed E-state index contributed by atoms with van der Waals surface area (Å²) in [6.45, 7) is 5.05. The monoisotopic (exact) mass is 378 g/mol. The topological polar surface area (TPSA) is 102 Å². The van der Waals surface area contributed by atoms with E-state index in [1.165, 1.54) is 6.92 Å². The van der Waals surface area contributed by atoms with Crippen molar-refractivity contribution >= 4 is 29.3 Å². The number of esters is 1. The van der Waals surface area contributed by atoms with Gasteiger partial charge in [0, 0.05) is 22.3 Å². The van der Waals surface area contributed by atoms with E-state index in [-0.39, 0.29) is 47.1 Å². The summed E-state index contributed by atoms with van der Waals surface area (Å²) in [6, 6.07) is 10.7. The number of ether oxygens (including phenoxy) is 1. The Hall–Kier alpha value is -3.74. The van der Waals surface area contributed by atoms with E-state index in [0.29, 0.717) is 11.1 Å². The Morgan fingerprint density at radius 1 is 0.964 bits per heavy atom. The largest absolute Gasteiger partial charge is 0.460 e. The van der Waals surface area contributed by atoms with Crippen LogP contribution < -0.4 is 10.6 Å². The fourth-order valence-corrected chi connectivity index (χ4v) is 2.85. The molecule has 0 aliphatic heterocycles. The minimum absolute atomic E-state index is 0.0171. The molecule has 7 heteroatoms. The molecule has 2 N–H and O–H groups in total. The van der Waals surface area contributed by atoms with Crippen LogP contribution >= 0.6 is 0 Å². The van der Waals surface area contributed by atoms with Crippen LogP contribution in [-0.2, 0) is 9.53 Å². The lowest BCUT2D eigenvalue weighted by molar-refractivity contribution is -0.138. The summed E-state index contributed by atoms with van der Waals surface area (Å²) in [4.78, 5) is 49.0. The molecule has 0 saturated heterocycles. The first-order valence-electron chi connectivity index (χ1n) is 8.59. The number of amides is 2. The Bertz CT molecular complexity index is 1010. The quantitative estimate of drug-likeness (QED) is 0.404. The summed E-state index contributed by atoms with van der Waals surface area (Å²) in [6.07, 6.45) is 0. The second kappa shape index (κ2) is 7.87. The first-order valence-corrected chi connectivity index (χ1v) is 8.59. The predicted molar refractivity (Wildman–Crippen MR) is 103 cm³/mol. The Kier molecular flexibility index (Phi) is 5.35. The minimum Gasteiger partial charge on any atom is -0.460 e. The van der Waals surface area contributed by atoms with E-state index in [9.17, 15) is 19.2 Å². The van der Waals surface area contributed by atoms with Gasteiger partial charge in [-0.1, -0.05) is 43.0 Å². The Balaban J connectivity index is 1.72. The van der Waals surface area contributed by atoms with Gasteiger partial charge in [0.15, 0.2) is 11.6 Å². The molecule has 0 spiro atoms. The highest BCUT2D eigenvalue weighted by Crippen LogP contribution is 2.31. The van der Waals surface area contributed by atoms with Crippen LogP contribution in [0.4, 0.5) is 10.5 Å². The lowest BCUT2D eigenvalue weighted by Crippen LogP contribution is -2.33. The Labute approximate surface area is 161 Å². The van der Waals surface area contributed by atoms with Crippen molar-refractivity contribution in [1.82, 2.24) is 5.32 Å². The van der Waals surface area contributed by atoms with E-state index in [0.717, 1.165) is 0 Å². The summed E-state index contributed by atoms with van der Waals surface area (Å²) in [5.41, 5.74) is 1.57. The van der Waals surface area contributed by atoms with Crippen LogP contribution in [0.1, 0.15) is 38.8 Å². The van der Waals surface area contributed by atoms with Gasteiger partial charge in [0.1, 0.15) is 6.61 Å². The van der Waals surface area contributed by atoms with Crippen LogP contribution in [0.5, 0.6) is 0 Å². The zero-order valence-electron chi connectivity index (χ0n) is 15.2. The number of nitrogens with one attached hydrogen (secondary N) is 2. The highest BCUT2D eigenvalue weighted by Gasteiger charge is 2.31. The first kappa shape index (κ1) is 19.0. The molecule has 1 aliphatic rings. The lowest BCUT2D eigenvalue weighted by Gasteiger charge is -2.20. The summed E-state index contributed by atoms with van der Waals surface area (Å²) in [7, 11) is 0. The minimum atomic E-state index is -0.584. The van der Waals surface area contributed by atoms with E-state index in [1.807, 2.05) is 0 Å². The van der Waals surface area contributed by atoms with Gasteiger partial charge in [-0.2, -0.15) is 0 Å². The third kappa shape index (κ3) is 3.68. The highest BCUT2D eigenvalue weighted by molar-refractivity contribution is 6.30. The Morgan fingerprint density at radius 3 is 2.29 bits per heavy atom. The summed E-state index contributed by atoms with van der Waals surface area (Å²) >= 11 is 0. The van der Waals surface area contributed by atoms with Gasteiger partial charge < -0.3 is 15.4 Å². The summed E-state index contributed by atoms with van der Waals surface area (Å²) < 4.78 is 4.89. The van der Waals surface area contributed by atoms with Crippen LogP contribution in [0.25, 0.3) is 0 Å². The molecule has 0 fully saturated rings. The van der Waals surface area contributed by atoms with Gasteiger partial charge in [-0.25, -0.2) is 9.59 Å². The smallest absolute Gasteiger partial charge is 0.333 e. The van der Waals surface area contributed by atoms with Crippen molar-refractivity contribution in [3.63, 3.8) is 0 Å². The number of carbonyl (C=O) groups excluding carboxylic acids is 4. The van der Waals surface area contributed by atoms with Gasteiger partial charge in [0.25, 0.3) is 0 Å². The number of urea groups is 1. The van der Waals surface area contributed by atoms with Crippen LogP contribution in [-0.4, -0.2) is 36.7 Å². The SMILES string of the molecule is C=C(C)C(=O)OCCNC(=O)Nc1cccc2c1C(=O)c1ccccc1C2=O. The molecule has 28 heavy (non-hydrogen) atoms. The fraction of sp³-hybridized carbons (Fsp3) is 0.143. The fourth-order valence-electron chi connectivity index (χ4n) is 2.85. The zero-order valence-corrected chi connectivity index (χ0v) is 15.2. The first-order chi connectivity index (χ1) is 13.4. The molecule has 0 bridgehead atoms. The van der Waals surface area contributed by atoms with Gasteiger partial charge in [-0.05, 0) is 13.0 Å². The van der Waals surface area contributed by atoms with Crippen molar-refractivity contribution in [1.29, 1.82) is 0 Å². The van der Waals surface area contributed by atoms with Crippen LogP contribution in [0.15, 0.2) is 54.6 Å². The second-order valence-corrected chi connectivity index (χ2v) is 6.23. The number of hydrogen-bond donors (Lipinski definition) is 2. The Morgan fingerprint density at radius 2 is 1.61 bits per heavy atom. The van der Waals surface area contributed by atoms with Crippen LogP contribution in [0.2, 0.25) is 0 Å². The number of hydrogen-bond acceptors (Lipinski definition) is 5. The van der Waals surface area contributed by atoms with Gasteiger partial charge in [0.2, 0.25) is 0 Å². The van der Waals surface area contributed by atoms with Crippen molar-refractivity contribution in [2.75, 3.05) is 18.5 Å². The van der Waals surface area contributed by atoms with E-state index in [2.05, 4.69) is 17.2 Å². The van der Waals surface area contributed by atoms with Crippen molar-refractivity contribution in [2.24, 2.45) is 0 Å². The molecule has 0 heterocycles. The number of rotatable bonds is 5. The maximum atomic E-state index is 12.9. The maximum absolute atomic E-state index is 12.9. The molecule has 142 valence electrons. The summed E-state index contributed by atoms with van der Waals surface area (Å²) in [5, 5.41) is 5.11. The number of benzene rings is 2. The molecule has 0 atom stereocenters. The zero-order chi connectivity index (χ0) is 20.3. The van der Waals surface area contributed by atoms with Gasteiger partial charge >= 0.3 is 12.0 Å². The van der Waals surface area contributed by atoms with Crippen LogP contribution in [0, 0.1) is 0 Å². The molecule has 0 saturated carbocycles. The number of carbonyl (C=O) groups is 4. The molecule has 2 aromatic carbocycles. The van der Waals surface area contributed by atoms with Gasteiger partial charge in [0.05, 0.1) is 17.8 Å². The van der Waals surface area contributed by atoms with Gasteiger partial charge in [-0.3, -0.25) is 9.59 Å². The third-order valence-electron chi connectivity index (χ3n) is 4.17. The molecular weight excluding hydrogens is 360 g/mol. The van der Waals surface area contributed by atoms with Crippen LogP contribution in [0.3, 0.4) is 0 Å². The highest BCUT2D eigenvalue weighted by atomic mass is 16.5. The van der Waals surface area contributed by atoms with E-state index in [1.54, 1.807) is 42.5 Å². The van der Waals surface area contributed by atoms with Gasteiger partial charge in [-0.15, -0.1) is 0 Å². The second-order valence-electron chi connectivity index (χ2n) is 6.23.